The van der Waals surface area contributed by atoms with Gasteiger partial charge in [0.15, 0.2) is 6.61 Å². The molecule has 0 atom stereocenters. The fourth-order valence-corrected chi connectivity index (χ4v) is 3.79. The van der Waals surface area contributed by atoms with E-state index in [1.54, 1.807) is 27.0 Å². The molecule has 0 fully saturated rings. The maximum absolute atomic E-state index is 12.7. The van der Waals surface area contributed by atoms with Crippen LogP contribution in [0.1, 0.15) is 49.1 Å². The van der Waals surface area contributed by atoms with Gasteiger partial charge in [-0.1, -0.05) is 30.3 Å². The second kappa shape index (κ2) is 9.12. The number of benzene rings is 1. The van der Waals surface area contributed by atoms with Gasteiger partial charge in [0.25, 0.3) is 5.78 Å². The molecule has 0 saturated carbocycles. The lowest BCUT2D eigenvalue weighted by molar-refractivity contribution is -0.137. The molecule has 1 aromatic carbocycles. The van der Waals surface area contributed by atoms with Crippen LogP contribution in [0, 0.1) is 27.7 Å². The Balaban J connectivity index is 1.65. The molecule has 0 aliphatic heterocycles. The van der Waals surface area contributed by atoms with Crippen molar-refractivity contribution in [1.82, 2.24) is 14.3 Å². The van der Waals surface area contributed by atoms with Crippen LogP contribution in [0.2, 0.25) is 0 Å². The molecule has 0 N–H and O–H groups in total. The highest BCUT2D eigenvalue weighted by Crippen LogP contribution is 2.18. The maximum atomic E-state index is 12.7. The second-order valence-electron chi connectivity index (χ2n) is 7.67. The highest BCUT2D eigenvalue weighted by atomic mass is 16.5. The van der Waals surface area contributed by atoms with Gasteiger partial charge in [-0.05, 0) is 45.7 Å². The van der Waals surface area contributed by atoms with Crippen molar-refractivity contribution in [1.29, 1.82) is 0 Å². The van der Waals surface area contributed by atoms with E-state index < -0.39 is 18.4 Å². The van der Waals surface area contributed by atoms with Gasteiger partial charge in [0.2, 0.25) is 5.78 Å². The molecular formula is C24H27N3O4. The lowest BCUT2D eigenvalue weighted by Crippen LogP contribution is -2.22. The molecule has 0 aliphatic carbocycles. The van der Waals surface area contributed by atoms with Crippen molar-refractivity contribution < 1.29 is 19.1 Å². The number of aryl methyl sites for hydroxylation is 4. The number of esters is 1. The molecule has 0 aliphatic rings. The van der Waals surface area contributed by atoms with Crippen LogP contribution in [-0.2, 0) is 29.5 Å². The number of carbonyl (C=O) groups is 3. The minimum Gasteiger partial charge on any atom is -0.451 e. The summed E-state index contributed by atoms with van der Waals surface area (Å²) in [5, 5.41) is 4.14. The van der Waals surface area contributed by atoms with E-state index in [1.165, 1.54) is 10.2 Å². The van der Waals surface area contributed by atoms with Gasteiger partial charge in [-0.3, -0.25) is 14.3 Å². The van der Waals surface area contributed by atoms with Crippen molar-refractivity contribution in [2.75, 3.05) is 6.61 Å². The van der Waals surface area contributed by atoms with Crippen LogP contribution in [0.15, 0.2) is 36.4 Å². The number of rotatable bonds is 8. The second-order valence-corrected chi connectivity index (χ2v) is 7.67. The van der Waals surface area contributed by atoms with E-state index in [9.17, 15) is 14.4 Å². The highest BCUT2D eigenvalue weighted by molar-refractivity contribution is 6.41. The number of carbonyl (C=O) groups excluding carboxylic acids is 3. The molecule has 0 spiro atoms. The summed E-state index contributed by atoms with van der Waals surface area (Å²) in [6, 6.07) is 11.9. The van der Waals surface area contributed by atoms with Crippen molar-refractivity contribution in [3.8, 4) is 0 Å². The van der Waals surface area contributed by atoms with Crippen LogP contribution in [0.3, 0.4) is 0 Å². The summed E-state index contributed by atoms with van der Waals surface area (Å²) < 4.78 is 8.65. The molecule has 2 heterocycles. The van der Waals surface area contributed by atoms with Gasteiger partial charge in [-0.2, -0.15) is 5.10 Å². The first-order chi connectivity index (χ1) is 14.7. The van der Waals surface area contributed by atoms with E-state index in [0.29, 0.717) is 17.0 Å². The Morgan fingerprint density at radius 2 is 1.68 bits per heavy atom. The number of ketones is 2. The Bertz CT molecular complexity index is 1140. The highest BCUT2D eigenvalue weighted by Gasteiger charge is 2.26. The van der Waals surface area contributed by atoms with Gasteiger partial charge in [-0.15, -0.1) is 0 Å². The molecule has 162 valence electrons. The smallest absolute Gasteiger partial charge is 0.380 e. The van der Waals surface area contributed by atoms with E-state index in [4.69, 9.17) is 4.74 Å². The third kappa shape index (κ3) is 4.66. The maximum Gasteiger partial charge on any atom is 0.380 e. The van der Waals surface area contributed by atoms with Crippen LogP contribution in [0.25, 0.3) is 0 Å². The molecule has 31 heavy (non-hydrogen) atoms. The Morgan fingerprint density at radius 3 is 2.29 bits per heavy atom. The molecule has 3 aromatic rings. The van der Waals surface area contributed by atoms with Gasteiger partial charge in [0, 0.05) is 36.2 Å². The van der Waals surface area contributed by atoms with E-state index in [-0.39, 0.29) is 11.3 Å². The summed E-state index contributed by atoms with van der Waals surface area (Å²) in [6.45, 7) is 7.44. The van der Waals surface area contributed by atoms with Gasteiger partial charge in [0.1, 0.15) is 0 Å². The SMILES string of the molecule is Cc1nn(C)c(C)c1C(=O)C(=O)OCC(=O)c1cc(C)n(CCc2ccccc2)c1C. The average Bonchev–Trinajstić information content (AvgIpc) is 3.18. The lowest BCUT2D eigenvalue weighted by atomic mass is 10.1. The van der Waals surface area contributed by atoms with Crippen molar-refractivity contribution in [3.05, 3.63) is 75.9 Å². The quantitative estimate of drug-likeness (QED) is 0.317. The third-order valence-electron chi connectivity index (χ3n) is 5.60. The Morgan fingerprint density at radius 1 is 1.00 bits per heavy atom. The fourth-order valence-electron chi connectivity index (χ4n) is 3.79. The zero-order valence-electron chi connectivity index (χ0n) is 18.6. The molecule has 0 radical (unpaired) electrons. The van der Waals surface area contributed by atoms with Crippen LogP contribution >= 0.6 is 0 Å². The Labute approximate surface area is 181 Å². The molecule has 0 bridgehead atoms. The Kier molecular flexibility index (Phi) is 6.53. The fraction of sp³-hybridized carbons (Fsp3) is 0.333. The molecule has 0 unspecified atom stereocenters. The van der Waals surface area contributed by atoms with Crippen molar-refractivity contribution in [2.24, 2.45) is 7.05 Å². The number of Topliss-reactive ketones (excluding diaryl/α,β-unsaturated/α-hetero) is 2. The van der Waals surface area contributed by atoms with Crippen LogP contribution < -0.4 is 0 Å². The molecule has 2 aromatic heterocycles. The standard InChI is InChI=1S/C24H27N3O4/c1-15-13-20(17(3)27(15)12-11-19-9-7-6-8-10-19)21(28)14-31-24(30)23(29)22-16(2)25-26(5)18(22)4/h6-10,13H,11-12,14H2,1-5H3. The summed E-state index contributed by atoms with van der Waals surface area (Å²) in [5.41, 5.74) is 4.75. The van der Waals surface area contributed by atoms with E-state index in [0.717, 1.165) is 24.4 Å². The summed E-state index contributed by atoms with van der Waals surface area (Å²) in [7, 11) is 1.70. The first-order valence-corrected chi connectivity index (χ1v) is 10.2. The zero-order valence-corrected chi connectivity index (χ0v) is 18.6. The minimum atomic E-state index is -1.05. The monoisotopic (exact) mass is 421 g/mol. The molecule has 0 amide bonds. The van der Waals surface area contributed by atoms with Crippen LogP contribution in [0.4, 0.5) is 0 Å². The largest absolute Gasteiger partial charge is 0.451 e. The predicted octanol–water partition coefficient (Wildman–Crippen LogP) is 3.31. The van der Waals surface area contributed by atoms with Crippen LogP contribution in [-0.4, -0.2) is 38.5 Å². The number of hydrogen-bond donors (Lipinski definition) is 0. The number of hydrogen-bond acceptors (Lipinski definition) is 5. The minimum absolute atomic E-state index is 0.221. The van der Waals surface area contributed by atoms with Crippen LogP contribution in [0.5, 0.6) is 0 Å². The zero-order chi connectivity index (χ0) is 22.7. The van der Waals surface area contributed by atoms with E-state index >= 15 is 0 Å². The first-order valence-electron chi connectivity index (χ1n) is 10.2. The summed E-state index contributed by atoms with van der Waals surface area (Å²) >= 11 is 0. The van der Waals surface area contributed by atoms with E-state index in [2.05, 4.69) is 21.8 Å². The molecule has 7 heteroatoms. The first kappa shape index (κ1) is 22.2. The number of ether oxygens (including phenoxy) is 1. The van der Waals surface area contributed by atoms with Gasteiger partial charge >= 0.3 is 5.97 Å². The summed E-state index contributed by atoms with van der Waals surface area (Å²) in [5.74, 6) is -2.17. The molecule has 7 nitrogen and oxygen atoms in total. The van der Waals surface area contributed by atoms with Crippen molar-refractivity contribution in [3.63, 3.8) is 0 Å². The van der Waals surface area contributed by atoms with Crippen molar-refractivity contribution in [2.45, 2.75) is 40.7 Å². The molecule has 3 rings (SSSR count). The normalized spacial score (nSPS) is 10.9. The van der Waals surface area contributed by atoms with Gasteiger partial charge < -0.3 is 9.30 Å². The summed E-state index contributed by atoms with van der Waals surface area (Å²) in [6.07, 6.45) is 0.845. The van der Waals surface area contributed by atoms with E-state index in [1.807, 2.05) is 32.0 Å². The summed E-state index contributed by atoms with van der Waals surface area (Å²) in [4.78, 5) is 37.4. The number of aromatic nitrogens is 3. The molecule has 0 saturated heterocycles. The van der Waals surface area contributed by atoms with Crippen molar-refractivity contribution >= 4 is 17.5 Å². The van der Waals surface area contributed by atoms with Gasteiger partial charge in [-0.25, -0.2) is 4.79 Å². The topological polar surface area (TPSA) is 83.2 Å². The van der Waals surface area contributed by atoms with Gasteiger partial charge in [0.05, 0.1) is 11.3 Å². The predicted molar refractivity (Wildman–Crippen MR) is 116 cm³/mol. The average molecular weight is 421 g/mol. The number of nitrogens with zero attached hydrogens (tertiary/aromatic N) is 3. The third-order valence-corrected chi connectivity index (χ3v) is 5.60. The lowest BCUT2D eigenvalue weighted by Gasteiger charge is -2.10. The Hall–Kier alpha value is -3.48. The molecular weight excluding hydrogens is 394 g/mol.